The van der Waals surface area contributed by atoms with Gasteiger partial charge in [0.25, 0.3) is 0 Å². The maximum atomic E-state index is 6.25. The Morgan fingerprint density at radius 2 is 1.85 bits per heavy atom. The van der Waals surface area contributed by atoms with Crippen molar-refractivity contribution in [3.63, 3.8) is 0 Å². The molecule has 0 radical (unpaired) electrons. The smallest absolute Gasteiger partial charge is 0.118 e. The second-order valence-electron chi connectivity index (χ2n) is 6.52. The molecule has 0 aromatic heterocycles. The SMILES string of the molecule is COc1ccc(CO[C@H]2C[C@H](C)CC[C@H]2C(C)C)cc1. The van der Waals surface area contributed by atoms with Gasteiger partial charge in [0, 0.05) is 0 Å². The zero-order valence-electron chi connectivity index (χ0n) is 13.3. The summed E-state index contributed by atoms with van der Waals surface area (Å²) in [5.41, 5.74) is 1.23. The Hall–Kier alpha value is -1.02. The molecule has 0 bridgehead atoms. The molecule has 0 aliphatic heterocycles. The third-order valence-electron chi connectivity index (χ3n) is 4.58. The minimum absolute atomic E-state index is 0.417. The number of hydrogen-bond donors (Lipinski definition) is 0. The molecule has 0 heterocycles. The molecular weight excluding hydrogens is 248 g/mol. The Kier molecular flexibility index (Phi) is 5.47. The number of ether oxygens (including phenoxy) is 2. The Balaban J connectivity index is 1.92. The normalized spacial score (nSPS) is 26.8. The highest BCUT2D eigenvalue weighted by molar-refractivity contribution is 5.26. The average Bonchev–Trinajstić information content (AvgIpc) is 2.45. The molecule has 1 saturated carbocycles. The molecule has 1 fully saturated rings. The van der Waals surface area contributed by atoms with E-state index in [9.17, 15) is 0 Å². The van der Waals surface area contributed by atoms with Crippen LogP contribution in [0.5, 0.6) is 5.75 Å². The van der Waals surface area contributed by atoms with Crippen molar-refractivity contribution in [1.82, 2.24) is 0 Å². The van der Waals surface area contributed by atoms with Crippen molar-refractivity contribution in [3.05, 3.63) is 29.8 Å². The molecule has 0 amide bonds. The van der Waals surface area contributed by atoms with E-state index in [1.54, 1.807) is 7.11 Å². The fraction of sp³-hybridized carbons (Fsp3) is 0.667. The van der Waals surface area contributed by atoms with Crippen LogP contribution in [0.4, 0.5) is 0 Å². The van der Waals surface area contributed by atoms with E-state index < -0.39 is 0 Å². The largest absolute Gasteiger partial charge is 0.497 e. The van der Waals surface area contributed by atoms with Crippen LogP contribution in [0.3, 0.4) is 0 Å². The highest BCUT2D eigenvalue weighted by Crippen LogP contribution is 2.35. The Morgan fingerprint density at radius 3 is 2.45 bits per heavy atom. The first-order chi connectivity index (χ1) is 9.60. The maximum Gasteiger partial charge on any atom is 0.118 e. The monoisotopic (exact) mass is 276 g/mol. The first kappa shape index (κ1) is 15.4. The van der Waals surface area contributed by atoms with Gasteiger partial charge in [0.15, 0.2) is 0 Å². The average molecular weight is 276 g/mol. The predicted octanol–water partition coefficient (Wildman–Crippen LogP) is 4.67. The van der Waals surface area contributed by atoms with Crippen LogP contribution >= 0.6 is 0 Å². The molecule has 0 spiro atoms. The third-order valence-corrected chi connectivity index (χ3v) is 4.58. The standard InChI is InChI=1S/C18H28O2/c1-13(2)17-10-5-14(3)11-18(17)20-12-15-6-8-16(19-4)9-7-15/h6-9,13-14,17-18H,5,10-12H2,1-4H3/t14-,17+,18+/m1/s1. The molecule has 112 valence electrons. The summed E-state index contributed by atoms with van der Waals surface area (Å²) in [5, 5.41) is 0. The van der Waals surface area contributed by atoms with E-state index in [0.29, 0.717) is 24.5 Å². The van der Waals surface area contributed by atoms with Crippen LogP contribution in [0.2, 0.25) is 0 Å². The van der Waals surface area contributed by atoms with E-state index in [4.69, 9.17) is 9.47 Å². The van der Waals surface area contributed by atoms with Gasteiger partial charge in [-0.25, -0.2) is 0 Å². The van der Waals surface area contributed by atoms with Crippen LogP contribution in [-0.2, 0) is 11.3 Å². The molecule has 20 heavy (non-hydrogen) atoms. The predicted molar refractivity (Wildman–Crippen MR) is 82.9 cm³/mol. The lowest BCUT2D eigenvalue weighted by Crippen LogP contribution is -2.34. The molecular formula is C18H28O2. The molecule has 1 aromatic carbocycles. The second kappa shape index (κ2) is 7.12. The van der Waals surface area contributed by atoms with Crippen LogP contribution in [0, 0.1) is 17.8 Å². The van der Waals surface area contributed by atoms with E-state index in [1.165, 1.54) is 24.8 Å². The van der Waals surface area contributed by atoms with Gasteiger partial charge in [0.05, 0.1) is 19.8 Å². The van der Waals surface area contributed by atoms with E-state index in [2.05, 4.69) is 32.9 Å². The number of methoxy groups -OCH3 is 1. The number of rotatable bonds is 5. The summed E-state index contributed by atoms with van der Waals surface area (Å²) in [7, 11) is 1.70. The van der Waals surface area contributed by atoms with Crippen molar-refractivity contribution >= 4 is 0 Å². The van der Waals surface area contributed by atoms with E-state index in [1.807, 2.05) is 12.1 Å². The fourth-order valence-electron chi connectivity index (χ4n) is 3.23. The summed E-state index contributed by atoms with van der Waals surface area (Å²) in [4.78, 5) is 0. The maximum absolute atomic E-state index is 6.25. The van der Waals surface area contributed by atoms with Gasteiger partial charge in [-0.15, -0.1) is 0 Å². The van der Waals surface area contributed by atoms with Gasteiger partial charge in [0.2, 0.25) is 0 Å². The van der Waals surface area contributed by atoms with Crippen molar-refractivity contribution in [1.29, 1.82) is 0 Å². The van der Waals surface area contributed by atoms with Crippen molar-refractivity contribution < 1.29 is 9.47 Å². The molecule has 0 N–H and O–H groups in total. The highest BCUT2D eigenvalue weighted by atomic mass is 16.5. The second-order valence-corrected chi connectivity index (χ2v) is 6.52. The van der Waals surface area contributed by atoms with E-state index in [-0.39, 0.29) is 0 Å². The molecule has 0 saturated heterocycles. The first-order valence-corrected chi connectivity index (χ1v) is 7.84. The van der Waals surface area contributed by atoms with Crippen LogP contribution < -0.4 is 4.74 Å². The van der Waals surface area contributed by atoms with Crippen molar-refractivity contribution in [2.75, 3.05) is 7.11 Å². The van der Waals surface area contributed by atoms with Gasteiger partial charge in [-0.05, 0) is 48.3 Å². The highest BCUT2D eigenvalue weighted by Gasteiger charge is 2.31. The first-order valence-electron chi connectivity index (χ1n) is 7.84. The topological polar surface area (TPSA) is 18.5 Å². The third kappa shape index (κ3) is 3.99. The Morgan fingerprint density at radius 1 is 1.15 bits per heavy atom. The number of benzene rings is 1. The molecule has 1 aromatic rings. The molecule has 1 aliphatic rings. The quantitative estimate of drug-likeness (QED) is 0.778. The van der Waals surface area contributed by atoms with Gasteiger partial charge < -0.3 is 9.47 Å². The van der Waals surface area contributed by atoms with Crippen molar-refractivity contribution in [3.8, 4) is 5.75 Å². The van der Waals surface area contributed by atoms with Gasteiger partial charge >= 0.3 is 0 Å². The minimum atomic E-state index is 0.417. The summed E-state index contributed by atoms with van der Waals surface area (Å²) < 4.78 is 11.4. The van der Waals surface area contributed by atoms with Crippen LogP contribution in [0.15, 0.2) is 24.3 Å². The van der Waals surface area contributed by atoms with Crippen LogP contribution in [0.1, 0.15) is 45.6 Å². The molecule has 2 heteroatoms. The molecule has 0 unspecified atom stereocenters. The fourth-order valence-corrected chi connectivity index (χ4v) is 3.23. The zero-order chi connectivity index (χ0) is 14.5. The van der Waals surface area contributed by atoms with Crippen LogP contribution in [-0.4, -0.2) is 13.2 Å². The lowest BCUT2D eigenvalue weighted by atomic mass is 9.75. The summed E-state index contributed by atoms with van der Waals surface area (Å²) in [6.07, 6.45) is 4.29. The molecule has 2 nitrogen and oxygen atoms in total. The summed E-state index contributed by atoms with van der Waals surface area (Å²) in [5.74, 6) is 3.12. The summed E-state index contributed by atoms with van der Waals surface area (Å²) in [6.45, 7) is 7.71. The molecule has 1 aliphatic carbocycles. The summed E-state index contributed by atoms with van der Waals surface area (Å²) >= 11 is 0. The van der Waals surface area contributed by atoms with Gasteiger partial charge in [-0.2, -0.15) is 0 Å². The zero-order valence-corrected chi connectivity index (χ0v) is 13.3. The lowest BCUT2D eigenvalue weighted by molar-refractivity contribution is -0.0472. The lowest BCUT2D eigenvalue weighted by Gasteiger charge is -2.37. The van der Waals surface area contributed by atoms with E-state index >= 15 is 0 Å². The van der Waals surface area contributed by atoms with Gasteiger partial charge in [0.1, 0.15) is 5.75 Å². The van der Waals surface area contributed by atoms with Crippen molar-refractivity contribution in [2.45, 2.75) is 52.7 Å². The Bertz CT molecular complexity index is 396. The number of hydrogen-bond acceptors (Lipinski definition) is 2. The Labute approximate surface area is 123 Å². The summed E-state index contributed by atoms with van der Waals surface area (Å²) in [6, 6.07) is 8.19. The van der Waals surface area contributed by atoms with Gasteiger partial charge in [-0.1, -0.05) is 39.3 Å². The van der Waals surface area contributed by atoms with Crippen LogP contribution in [0.25, 0.3) is 0 Å². The van der Waals surface area contributed by atoms with E-state index in [0.717, 1.165) is 11.7 Å². The minimum Gasteiger partial charge on any atom is -0.497 e. The molecule has 3 atom stereocenters. The van der Waals surface area contributed by atoms with Gasteiger partial charge in [-0.3, -0.25) is 0 Å². The van der Waals surface area contributed by atoms with Crippen molar-refractivity contribution in [2.24, 2.45) is 17.8 Å². The molecule has 2 rings (SSSR count).